The minimum atomic E-state index is -0.366. The molecule has 21 heavy (non-hydrogen) atoms. The summed E-state index contributed by atoms with van der Waals surface area (Å²) >= 11 is 3.47. The van der Waals surface area contributed by atoms with Gasteiger partial charge in [-0.1, -0.05) is 28.1 Å². The monoisotopic (exact) mass is 346 g/mol. The number of aryl methyl sites for hydroxylation is 2. The van der Waals surface area contributed by atoms with Crippen molar-refractivity contribution in [2.75, 3.05) is 0 Å². The lowest BCUT2D eigenvalue weighted by Gasteiger charge is -2.15. The molecule has 1 unspecified atom stereocenters. The van der Waals surface area contributed by atoms with Crippen molar-refractivity contribution >= 4 is 27.0 Å². The lowest BCUT2D eigenvalue weighted by molar-refractivity contribution is 0.527. The predicted molar refractivity (Wildman–Crippen MR) is 86.4 cm³/mol. The second-order valence-corrected chi connectivity index (χ2v) is 6.05. The minimum Gasteiger partial charge on any atom is -0.408 e. The van der Waals surface area contributed by atoms with Crippen molar-refractivity contribution in [2.24, 2.45) is 12.8 Å². The van der Waals surface area contributed by atoms with Crippen molar-refractivity contribution in [3.05, 3.63) is 68.1 Å². The first kappa shape index (κ1) is 14.1. The van der Waals surface area contributed by atoms with Crippen LogP contribution >= 0.6 is 15.9 Å². The SMILES string of the molecule is Cc1ccc(Br)cc1C(N)c1ccc2c(c1)oc(=O)n2C. The lowest BCUT2D eigenvalue weighted by Crippen LogP contribution is -2.13. The van der Waals surface area contributed by atoms with Gasteiger partial charge in [0.25, 0.3) is 0 Å². The molecule has 0 aliphatic rings. The van der Waals surface area contributed by atoms with E-state index in [0.717, 1.165) is 26.7 Å². The molecule has 0 radical (unpaired) electrons. The predicted octanol–water partition coefficient (Wildman–Crippen LogP) is 3.25. The van der Waals surface area contributed by atoms with Gasteiger partial charge in [-0.05, 0) is 47.9 Å². The van der Waals surface area contributed by atoms with E-state index in [1.54, 1.807) is 7.05 Å². The van der Waals surface area contributed by atoms with Crippen LogP contribution < -0.4 is 11.5 Å². The Morgan fingerprint density at radius 3 is 2.76 bits per heavy atom. The summed E-state index contributed by atoms with van der Waals surface area (Å²) in [4.78, 5) is 11.5. The Labute approximate surface area is 130 Å². The zero-order chi connectivity index (χ0) is 15.1. The molecule has 2 N–H and O–H groups in total. The van der Waals surface area contributed by atoms with Crippen molar-refractivity contribution in [2.45, 2.75) is 13.0 Å². The van der Waals surface area contributed by atoms with Gasteiger partial charge >= 0.3 is 5.76 Å². The quantitative estimate of drug-likeness (QED) is 0.774. The fourth-order valence-corrected chi connectivity index (χ4v) is 2.85. The first-order valence-corrected chi connectivity index (χ1v) is 7.38. The molecule has 1 aromatic heterocycles. The minimum absolute atomic E-state index is 0.266. The summed E-state index contributed by atoms with van der Waals surface area (Å²) in [5, 5.41) is 0. The second kappa shape index (κ2) is 5.16. The van der Waals surface area contributed by atoms with Crippen LogP contribution in [0, 0.1) is 6.92 Å². The van der Waals surface area contributed by atoms with E-state index in [4.69, 9.17) is 10.2 Å². The largest absolute Gasteiger partial charge is 0.419 e. The Kier molecular flexibility index (Phi) is 3.47. The molecule has 1 atom stereocenters. The Bertz CT molecular complexity index is 880. The molecular weight excluding hydrogens is 332 g/mol. The van der Waals surface area contributed by atoms with E-state index in [-0.39, 0.29) is 11.8 Å². The summed E-state index contributed by atoms with van der Waals surface area (Å²) in [6, 6.07) is 11.4. The molecule has 0 amide bonds. The Morgan fingerprint density at radius 1 is 1.24 bits per heavy atom. The number of fused-ring (bicyclic) bond motifs is 1. The highest BCUT2D eigenvalue weighted by Gasteiger charge is 2.14. The fourth-order valence-electron chi connectivity index (χ4n) is 2.47. The zero-order valence-corrected chi connectivity index (χ0v) is 13.3. The van der Waals surface area contributed by atoms with Gasteiger partial charge in [0.15, 0.2) is 5.58 Å². The number of oxazole rings is 1. The number of benzene rings is 2. The maximum absolute atomic E-state index is 11.5. The van der Waals surface area contributed by atoms with Gasteiger partial charge in [0.2, 0.25) is 0 Å². The third kappa shape index (κ3) is 2.43. The average molecular weight is 347 g/mol. The van der Waals surface area contributed by atoms with E-state index in [1.807, 2.05) is 43.3 Å². The van der Waals surface area contributed by atoms with E-state index in [2.05, 4.69) is 15.9 Å². The molecule has 0 saturated heterocycles. The number of rotatable bonds is 2. The van der Waals surface area contributed by atoms with Gasteiger partial charge in [-0.2, -0.15) is 0 Å². The highest BCUT2D eigenvalue weighted by molar-refractivity contribution is 9.10. The molecule has 0 aliphatic carbocycles. The van der Waals surface area contributed by atoms with Gasteiger partial charge in [-0.25, -0.2) is 4.79 Å². The third-order valence-corrected chi connectivity index (χ3v) is 4.25. The smallest absolute Gasteiger partial charge is 0.408 e. The van der Waals surface area contributed by atoms with Crippen molar-refractivity contribution in [3.8, 4) is 0 Å². The molecule has 0 spiro atoms. The molecule has 0 fully saturated rings. The van der Waals surface area contributed by atoms with E-state index in [0.29, 0.717) is 5.58 Å². The van der Waals surface area contributed by atoms with E-state index in [9.17, 15) is 4.79 Å². The van der Waals surface area contributed by atoms with E-state index in [1.165, 1.54) is 4.57 Å². The zero-order valence-electron chi connectivity index (χ0n) is 11.8. The first-order chi connectivity index (χ1) is 9.97. The van der Waals surface area contributed by atoms with Gasteiger partial charge in [-0.15, -0.1) is 0 Å². The van der Waals surface area contributed by atoms with Gasteiger partial charge < -0.3 is 10.2 Å². The maximum Gasteiger partial charge on any atom is 0.419 e. The molecule has 3 rings (SSSR count). The maximum atomic E-state index is 11.5. The Hall–Kier alpha value is -1.85. The van der Waals surface area contributed by atoms with Crippen LogP contribution in [-0.4, -0.2) is 4.57 Å². The molecule has 1 heterocycles. The van der Waals surface area contributed by atoms with Crippen LogP contribution in [0.2, 0.25) is 0 Å². The normalized spacial score (nSPS) is 12.8. The second-order valence-electron chi connectivity index (χ2n) is 5.13. The number of hydrogen-bond donors (Lipinski definition) is 1. The van der Waals surface area contributed by atoms with Gasteiger partial charge in [0, 0.05) is 11.5 Å². The number of hydrogen-bond acceptors (Lipinski definition) is 3. The van der Waals surface area contributed by atoms with Crippen LogP contribution in [0.4, 0.5) is 0 Å². The molecule has 4 nitrogen and oxygen atoms in total. The van der Waals surface area contributed by atoms with Crippen LogP contribution in [0.15, 0.2) is 50.1 Å². The number of halogens is 1. The van der Waals surface area contributed by atoms with Gasteiger partial charge in [0.1, 0.15) is 0 Å². The molecule has 2 aromatic carbocycles. The summed E-state index contributed by atoms with van der Waals surface area (Å²) in [6.07, 6.45) is 0. The molecule has 0 aliphatic heterocycles. The number of aromatic nitrogens is 1. The standard InChI is InChI=1S/C16H15BrN2O2/c1-9-3-5-11(17)8-12(9)15(18)10-4-6-13-14(7-10)21-16(20)19(13)2/h3-8,15H,18H2,1-2H3. The molecule has 5 heteroatoms. The van der Waals surface area contributed by atoms with Crippen LogP contribution in [-0.2, 0) is 7.05 Å². The van der Waals surface area contributed by atoms with Gasteiger partial charge in [0.05, 0.1) is 11.6 Å². The molecule has 3 aromatic rings. The fraction of sp³-hybridized carbons (Fsp3) is 0.188. The lowest BCUT2D eigenvalue weighted by atomic mass is 9.96. The molecule has 108 valence electrons. The highest BCUT2D eigenvalue weighted by atomic mass is 79.9. The Balaban J connectivity index is 2.11. The number of nitrogens with zero attached hydrogens (tertiary/aromatic N) is 1. The molecule has 0 saturated carbocycles. The summed E-state index contributed by atoms with van der Waals surface area (Å²) in [5.41, 5.74) is 10.8. The highest BCUT2D eigenvalue weighted by Crippen LogP contribution is 2.27. The topological polar surface area (TPSA) is 61.2 Å². The summed E-state index contributed by atoms with van der Waals surface area (Å²) < 4.78 is 7.69. The average Bonchev–Trinajstić information content (AvgIpc) is 2.75. The first-order valence-electron chi connectivity index (χ1n) is 6.58. The van der Waals surface area contributed by atoms with Crippen LogP contribution in [0.25, 0.3) is 11.1 Å². The van der Waals surface area contributed by atoms with Crippen LogP contribution in [0.1, 0.15) is 22.7 Å². The van der Waals surface area contributed by atoms with Crippen molar-refractivity contribution in [1.82, 2.24) is 4.57 Å². The Morgan fingerprint density at radius 2 is 2.00 bits per heavy atom. The summed E-state index contributed by atoms with van der Waals surface area (Å²) in [7, 11) is 1.69. The van der Waals surface area contributed by atoms with E-state index < -0.39 is 0 Å². The molecular formula is C16H15BrN2O2. The van der Waals surface area contributed by atoms with Crippen molar-refractivity contribution in [1.29, 1.82) is 0 Å². The van der Waals surface area contributed by atoms with E-state index >= 15 is 0 Å². The summed E-state index contributed by atoms with van der Waals surface area (Å²) in [5.74, 6) is -0.366. The van der Waals surface area contributed by atoms with Crippen molar-refractivity contribution < 1.29 is 4.42 Å². The molecule has 0 bridgehead atoms. The van der Waals surface area contributed by atoms with Crippen LogP contribution in [0.5, 0.6) is 0 Å². The van der Waals surface area contributed by atoms with Crippen LogP contribution in [0.3, 0.4) is 0 Å². The third-order valence-electron chi connectivity index (χ3n) is 3.75. The number of nitrogens with two attached hydrogens (primary N) is 1. The summed E-state index contributed by atoms with van der Waals surface area (Å²) in [6.45, 7) is 2.03. The van der Waals surface area contributed by atoms with Crippen molar-refractivity contribution in [3.63, 3.8) is 0 Å². The van der Waals surface area contributed by atoms with Gasteiger partial charge in [-0.3, -0.25) is 4.57 Å².